The van der Waals surface area contributed by atoms with Crippen LogP contribution in [0.15, 0.2) is 35.3 Å². The van der Waals surface area contributed by atoms with E-state index in [1.54, 1.807) is 0 Å². The highest BCUT2D eigenvalue weighted by atomic mass is 16.5. The van der Waals surface area contributed by atoms with Crippen LogP contribution in [-0.2, 0) is 9.53 Å². The van der Waals surface area contributed by atoms with E-state index < -0.39 is 0 Å². The maximum absolute atomic E-state index is 10.9. The minimum absolute atomic E-state index is 0.186. The Bertz CT molecular complexity index is 390. The Morgan fingerprint density at radius 2 is 2.06 bits per heavy atom. The van der Waals surface area contributed by atoms with Gasteiger partial charge in [-0.2, -0.15) is 0 Å². The predicted octanol–water partition coefficient (Wildman–Crippen LogP) is 1.76. The van der Waals surface area contributed by atoms with Gasteiger partial charge in [-0.25, -0.2) is 0 Å². The molecule has 98 valence electrons. The number of unbranched alkanes of at least 4 members (excludes halogenated alkanes) is 1. The topological polar surface area (TPSA) is 76.7 Å². The second-order valence-electron chi connectivity index (χ2n) is 3.79. The molecule has 0 aromatic heterocycles. The fraction of sp³-hybridized carbons (Fsp3) is 0.385. The van der Waals surface area contributed by atoms with Gasteiger partial charge in [-0.1, -0.05) is 18.2 Å². The van der Waals surface area contributed by atoms with Crippen LogP contribution in [0.5, 0.6) is 0 Å². The summed E-state index contributed by atoms with van der Waals surface area (Å²) >= 11 is 0. The number of benzene rings is 1. The molecule has 0 unspecified atom stereocenters. The number of carbonyl (C=O) groups excluding carboxylic acids is 1. The van der Waals surface area contributed by atoms with Gasteiger partial charge in [-0.3, -0.25) is 9.79 Å². The fourth-order valence-electron chi connectivity index (χ4n) is 1.39. The molecule has 1 aromatic carbocycles. The average molecular weight is 249 g/mol. The molecule has 3 N–H and O–H groups in total. The first-order valence-corrected chi connectivity index (χ1v) is 5.91. The van der Waals surface area contributed by atoms with Crippen molar-refractivity contribution >= 4 is 17.6 Å². The Kier molecular flexibility index (Phi) is 6.32. The normalized spacial score (nSPS) is 11.1. The molecule has 0 amide bonds. The molecular formula is C13H19N3O2. The van der Waals surface area contributed by atoms with Crippen LogP contribution in [0.2, 0.25) is 0 Å². The van der Waals surface area contributed by atoms with E-state index in [0.717, 1.165) is 18.5 Å². The Hall–Kier alpha value is -2.04. The van der Waals surface area contributed by atoms with Crippen LogP contribution in [0.3, 0.4) is 0 Å². The van der Waals surface area contributed by atoms with Gasteiger partial charge in [-0.15, -0.1) is 0 Å². The molecule has 0 spiro atoms. The maximum Gasteiger partial charge on any atom is 0.305 e. The molecule has 0 bridgehead atoms. The van der Waals surface area contributed by atoms with Crippen molar-refractivity contribution in [3.63, 3.8) is 0 Å². The van der Waals surface area contributed by atoms with Crippen LogP contribution in [-0.4, -0.2) is 25.6 Å². The number of aliphatic imine (C=N–C) groups is 1. The van der Waals surface area contributed by atoms with E-state index in [1.807, 2.05) is 30.3 Å². The van der Waals surface area contributed by atoms with Crippen molar-refractivity contribution < 1.29 is 9.53 Å². The number of rotatable bonds is 6. The van der Waals surface area contributed by atoms with Gasteiger partial charge in [0.1, 0.15) is 0 Å². The first-order chi connectivity index (χ1) is 8.72. The van der Waals surface area contributed by atoms with Crippen LogP contribution >= 0.6 is 0 Å². The third-order valence-corrected chi connectivity index (χ3v) is 2.35. The standard InChI is InChI=1S/C13H19N3O2/c1-18-12(17)9-5-6-10-15-13(14)16-11-7-3-2-4-8-11/h2-4,7-8H,5-6,9-10H2,1H3,(H3,14,15,16). The van der Waals surface area contributed by atoms with Gasteiger partial charge in [0.05, 0.1) is 7.11 Å². The zero-order valence-corrected chi connectivity index (χ0v) is 10.6. The molecule has 18 heavy (non-hydrogen) atoms. The molecule has 5 nitrogen and oxygen atoms in total. The first kappa shape index (κ1) is 14.0. The van der Waals surface area contributed by atoms with Crippen LogP contribution in [0.1, 0.15) is 19.3 Å². The highest BCUT2D eigenvalue weighted by Gasteiger charge is 1.98. The van der Waals surface area contributed by atoms with E-state index in [1.165, 1.54) is 7.11 Å². The Balaban J connectivity index is 2.20. The number of hydrogen-bond donors (Lipinski definition) is 2. The molecule has 1 aromatic rings. The largest absolute Gasteiger partial charge is 0.469 e. The third kappa shape index (κ3) is 5.89. The summed E-state index contributed by atoms with van der Waals surface area (Å²) in [4.78, 5) is 15.0. The lowest BCUT2D eigenvalue weighted by Gasteiger charge is -2.04. The molecule has 0 atom stereocenters. The summed E-state index contributed by atoms with van der Waals surface area (Å²) < 4.78 is 4.55. The van der Waals surface area contributed by atoms with Gasteiger partial charge < -0.3 is 15.8 Å². The van der Waals surface area contributed by atoms with E-state index in [-0.39, 0.29) is 5.97 Å². The minimum atomic E-state index is -0.186. The Morgan fingerprint density at radius 1 is 1.33 bits per heavy atom. The summed E-state index contributed by atoms with van der Waals surface area (Å²) in [6.07, 6.45) is 2.00. The molecule has 0 aliphatic carbocycles. The number of anilines is 1. The molecule has 0 saturated heterocycles. The summed E-state index contributed by atoms with van der Waals surface area (Å²) in [7, 11) is 1.39. The summed E-state index contributed by atoms with van der Waals surface area (Å²) in [5.41, 5.74) is 6.63. The zero-order valence-electron chi connectivity index (χ0n) is 10.6. The SMILES string of the molecule is COC(=O)CCCCN=C(N)Nc1ccccc1. The van der Waals surface area contributed by atoms with Crippen LogP contribution < -0.4 is 11.1 Å². The number of nitrogens with one attached hydrogen (secondary N) is 1. The lowest BCUT2D eigenvalue weighted by Crippen LogP contribution is -2.22. The Labute approximate surface area is 107 Å². The lowest BCUT2D eigenvalue weighted by atomic mass is 10.2. The number of methoxy groups -OCH3 is 1. The number of guanidine groups is 1. The van der Waals surface area contributed by atoms with Crippen LogP contribution in [0.25, 0.3) is 0 Å². The van der Waals surface area contributed by atoms with Crippen LogP contribution in [0.4, 0.5) is 5.69 Å². The number of hydrogen-bond acceptors (Lipinski definition) is 3. The van der Waals surface area contributed by atoms with E-state index in [2.05, 4.69) is 15.0 Å². The monoisotopic (exact) mass is 249 g/mol. The predicted molar refractivity (Wildman–Crippen MR) is 72.4 cm³/mol. The maximum atomic E-state index is 10.9. The van der Waals surface area contributed by atoms with E-state index in [0.29, 0.717) is 18.9 Å². The van der Waals surface area contributed by atoms with Crippen molar-refractivity contribution in [3.8, 4) is 0 Å². The molecule has 5 heteroatoms. The van der Waals surface area contributed by atoms with Crippen molar-refractivity contribution in [3.05, 3.63) is 30.3 Å². The van der Waals surface area contributed by atoms with Gasteiger partial charge in [0.25, 0.3) is 0 Å². The molecular weight excluding hydrogens is 230 g/mol. The van der Waals surface area contributed by atoms with Gasteiger partial charge in [0, 0.05) is 18.7 Å². The van der Waals surface area contributed by atoms with Crippen molar-refractivity contribution in [1.82, 2.24) is 0 Å². The lowest BCUT2D eigenvalue weighted by molar-refractivity contribution is -0.140. The summed E-state index contributed by atoms with van der Waals surface area (Å²) in [5.74, 6) is 0.202. The quantitative estimate of drug-likeness (QED) is 0.348. The van der Waals surface area contributed by atoms with E-state index >= 15 is 0 Å². The fourth-order valence-corrected chi connectivity index (χ4v) is 1.39. The van der Waals surface area contributed by atoms with Gasteiger partial charge in [0.15, 0.2) is 5.96 Å². The highest BCUT2D eigenvalue weighted by molar-refractivity contribution is 5.92. The highest BCUT2D eigenvalue weighted by Crippen LogP contribution is 2.04. The second-order valence-corrected chi connectivity index (χ2v) is 3.79. The van der Waals surface area contributed by atoms with Crippen molar-refractivity contribution in [2.24, 2.45) is 10.7 Å². The summed E-state index contributed by atoms with van der Waals surface area (Å²) in [6, 6.07) is 9.61. The molecule has 1 rings (SSSR count). The average Bonchev–Trinajstić information content (AvgIpc) is 2.39. The van der Waals surface area contributed by atoms with Gasteiger partial charge >= 0.3 is 5.97 Å². The molecule has 0 aliphatic rings. The first-order valence-electron chi connectivity index (χ1n) is 5.91. The molecule has 0 heterocycles. The number of para-hydroxylation sites is 1. The van der Waals surface area contributed by atoms with Gasteiger partial charge in [0.2, 0.25) is 0 Å². The molecule has 0 fully saturated rings. The second kappa shape index (κ2) is 8.11. The van der Waals surface area contributed by atoms with E-state index in [9.17, 15) is 4.79 Å². The van der Waals surface area contributed by atoms with Crippen molar-refractivity contribution in [2.45, 2.75) is 19.3 Å². The molecule has 0 saturated carbocycles. The third-order valence-electron chi connectivity index (χ3n) is 2.35. The van der Waals surface area contributed by atoms with Crippen LogP contribution in [0, 0.1) is 0 Å². The number of nitrogens with two attached hydrogens (primary N) is 1. The zero-order chi connectivity index (χ0) is 13.2. The summed E-state index contributed by atoms with van der Waals surface area (Å²) in [6.45, 7) is 0.600. The molecule has 0 radical (unpaired) electrons. The number of ether oxygens (including phenoxy) is 1. The number of esters is 1. The Morgan fingerprint density at radius 3 is 2.72 bits per heavy atom. The van der Waals surface area contributed by atoms with Crippen molar-refractivity contribution in [2.75, 3.05) is 19.0 Å². The summed E-state index contributed by atoms with van der Waals surface area (Å²) in [5, 5.41) is 2.99. The molecule has 0 aliphatic heterocycles. The van der Waals surface area contributed by atoms with E-state index in [4.69, 9.17) is 5.73 Å². The smallest absolute Gasteiger partial charge is 0.305 e. The minimum Gasteiger partial charge on any atom is -0.469 e. The number of nitrogens with zero attached hydrogens (tertiary/aromatic N) is 1. The van der Waals surface area contributed by atoms with Crippen molar-refractivity contribution in [1.29, 1.82) is 0 Å². The van der Waals surface area contributed by atoms with Gasteiger partial charge in [-0.05, 0) is 25.0 Å². The number of carbonyl (C=O) groups is 1.